The van der Waals surface area contributed by atoms with E-state index in [4.69, 9.17) is 5.84 Å². The van der Waals surface area contributed by atoms with E-state index in [0.29, 0.717) is 6.54 Å². The summed E-state index contributed by atoms with van der Waals surface area (Å²) < 4.78 is 0. The third-order valence-electron chi connectivity index (χ3n) is 0.998. The van der Waals surface area contributed by atoms with Crippen LogP contribution in [0.1, 0.15) is 19.8 Å². The predicted molar refractivity (Wildman–Crippen MR) is 40.2 cm³/mol. The molecule has 1 amide bonds. The number of hydrazine groups is 1. The fourth-order valence-electron chi connectivity index (χ4n) is 0.424. The van der Waals surface area contributed by atoms with E-state index < -0.39 is 0 Å². The van der Waals surface area contributed by atoms with Crippen LogP contribution in [-0.2, 0) is 0 Å². The first-order valence-corrected chi connectivity index (χ1v) is 3.38. The topological polar surface area (TPSA) is 46.3 Å². The smallest absolute Gasteiger partial charge is 0.272 e. The highest BCUT2D eigenvalue weighted by Gasteiger charge is 2.00. The second-order valence-electron chi connectivity index (χ2n) is 1.83. The zero-order valence-electron chi connectivity index (χ0n) is 5.50. The van der Waals surface area contributed by atoms with Gasteiger partial charge in [-0.25, -0.2) is 5.84 Å². The lowest BCUT2D eigenvalue weighted by Gasteiger charge is -2.11. The Morgan fingerprint density at radius 2 is 2.33 bits per heavy atom. The van der Waals surface area contributed by atoms with Crippen molar-refractivity contribution >= 4 is 17.9 Å². The van der Waals surface area contributed by atoms with Crippen molar-refractivity contribution in [3.63, 3.8) is 0 Å². The molecule has 0 bridgehead atoms. The number of hydrogen-bond acceptors (Lipinski definition) is 2. The fourth-order valence-corrected chi connectivity index (χ4v) is 0.524. The Balaban J connectivity index is 3.27. The summed E-state index contributed by atoms with van der Waals surface area (Å²) in [4.78, 5) is 10.3. The molecule has 0 unspecified atom stereocenters. The van der Waals surface area contributed by atoms with Crippen LogP contribution in [0, 0.1) is 0 Å². The second kappa shape index (κ2) is 4.64. The van der Waals surface area contributed by atoms with Gasteiger partial charge in [0.15, 0.2) is 0 Å². The molecule has 0 aromatic heterocycles. The first-order chi connectivity index (χ1) is 4.18. The number of thiol groups is 1. The summed E-state index contributed by atoms with van der Waals surface area (Å²) in [6, 6.07) is 0. The van der Waals surface area contributed by atoms with E-state index in [2.05, 4.69) is 12.6 Å². The molecule has 2 N–H and O–H groups in total. The van der Waals surface area contributed by atoms with Crippen LogP contribution in [0.3, 0.4) is 0 Å². The number of nitrogens with two attached hydrogens (primary N) is 1. The van der Waals surface area contributed by atoms with E-state index in [9.17, 15) is 4.79 Å². The maximum atomic E-state index is 10.3. The highest BCUT2D eigenvalue weighted by molar-refractivity contribution is 7.96. The molecule has 0 fully saturated rings. The molecule has 0 atom stereocenters. The van der Waals surface area contributed by atoms with Crippen molar-refractivity contribution in [1.82, 2.24) is 5.01 Å². The van der Waals surface area contributed by atoms with Crippen molar-refractivity contribution in [2.75, 3.05) is 6.54 Å². The zero-order valence-corrected chi connectivity index (χ0v) is 6.40. The SMILES string of the molecule is CCCCN(N)C(=O)S. The first-order valence-electron chi connectivity index (χ1n) is 2.93. The number of carbonyl (C=O) groups excluding carboxylic acids is 1. The van der Waals surface area contributed by atoms with Crippen LogP contribution >= 0.6 is 12.6 Å². The van der Waals surface area contributed by atoms with Gasteiger partial charge in [-0.15, -0.1) is 0 Å². The summed E-state index contributed by atoms with van der Waals surface area (Å²) in [5.41, 5.74) is 0. The van der Waals surface area contributed by atoms with Gasteiger partial charge < -0.3 is 0 Å². The molecule has 0 aliphatic rings. The standard InChI is InChI=1S/C5H12N2OS/c1-2-3-4-7(6)5(8)9/h2-4,6H2,1H3,(H,8,9). The number of amides is 1. The van der Waals surface area contributed by atoms with E-state index in [1.165, 1.54) is 0 Å². The van der Waals surface area contributed by atoms with Gasteiger partial charge in [0.2, 0.25) is 0 Å². The van der Waals surface area contributed by atoms with Crippen molar-refractivity contribution in [3.05, 3.63) is 0 Å². The number of hydrogen-bond donors (Lipinski definition) is 2. The molecule has 0 aromatic rings. The summed E-state index contributed by atoms with van der Waals surface area (Å²) in [7, 11) is 0. The summed E-state index contributed by atoms with van der Waals surface area (Å²) in [6.45, 7) is 2.63. The lowest BCUT2D eigenvalue weighted by molar-refractivity contribution is 0.224. The second-order valence-corrected chi connectivity index (χ2v) is 2.21. The van der Waals surface area contributed by atoms with Gasteiger partial charge in [-0.3, -0.25) is 9.80 Å². The average Bonchev–Trinajstić information content (AvgIpc) is 1.82. The van der Waals surface area contributed by atoms with Gasteiger partial charge in [-0.05, 0) is 6.42 Å². The summed E-state index contributed by atoms with van der Waals surface area (Å²) in [5, 5.41) is 0.732. The number of nitrogens with zero attached hydrogens (tertiary/aromatic N) is 1. The lowest BCUT2D eigenvalue weighted by atomic mass is 10.3. The quantitative estimate of drug-likeness (QED) is 0.271. The monoisotopic (exact) mass is 148 g/mol. The Kier molecular flexibility index (Phi) is 4.53. The van der Waals surface area contributed by atoms with Gasteiger partial charge in [0.25, 0.3) is 5.24 Å². The van der Waals surface area contributed by atoms with Crippen LogP contribution in [0.4, 0.5) is 4.79 Å². The first kappa shape index (κ1) is 8.78. The molecule has 4 heteroatoms. The van der Waals surface area contributed by atoms with Gasteiger partial charge in [0, 0.05) is 6.54 Å². The Bertz CT molecular complexity index is 97.0. The maximum absolute atomic E-state index is 10.3. The van der Waals surface area contributed by atoms with Crippen molar-refractivity contribution in [3.8, 4) is 0 Å². The average molecular weight is 148 g/mol. The molecule has 0 saturated heterocycles. The Morgan fingerprint density at radius 1 is 1.78 bits per heavy atom. The Labute approximate surface area is 60.6 Å². The number of unbranched alkanes of at least 4 members (excludes halogenated alkanes) is 1. The van der Waals surface area contributed by atoms with Crippen molar-refractivity contribution < 1.29 is 4.79 Å². The minimum atomic E-state index is -0.372. The molecular formula is C5H12N2OS. The molecule has 0 saturated carbocycles. The highest BCUT2D eigenvalue weighted by Crippen LogP contribution is 1.92. The van der Waals surface area contributed by atoms with Crippen LogP contribution in [0.15, 0.2) is 0 Å². The van der Waals surface area contributed by atoms with E-state index in [1.807, 2.05) is 6.92 Å². The zero-order chi connectivity index (χ0) is 7.28. The third-order valence-corrected chi connectivity index (χ3v) is 1.26. The molecule has 54 valence electrons. The Morgan fingerprint density at radius 3 is 2.67 bits per heavy atom. The number of rotatable bonds is 3. The van der Waals surface area contributed by atoms with Gasteiger partial charge in [0.05, 0.1) is 0 Å². The summed E-state index contributed by atoms with van der Waals surface area (Å²) >= 11 is 3.53. The van der Waals surface area contributed by atoms with Crippen LogP contribution < -0.4 is 5.84 Å². The molecule has 0 spiro atoms. The maximum Gasteiger partial charge on any atom is 0.292 e. The molecule has 0 radical (unpaired) electrons. The molecule has 0 heterocycles. The van der Waals surface area contributed by atoms with Crippen molar-refractivity contribution in [1.29, 1.82) is 0 Å². The summed E-state index contributed by atoms with van der Waals surface area (Å²) in [5.74, 6) is 5.21. The highest BCUT2D eigenvalue weighted by atomic mass is 32.1. The number of carbonyl (C=O) groups is 1. The van der Waals surface area contributed by atoms with Crippen LogP contribution in [-0.4, -0.2) is 16.8 Å². The van der Waals surface area contributed by atoms with E-state index in [1.54, 1.807) is 0 Å². The minimum absolute atomic E-state index is 0.372. The molecule has 0 aromatic carbocycles. The Hall–Kier alpha value is -0.220. The van der Waals surface area contributed by atoms with Gasteiger partial charge in [-0.1, -0.05) is 26.0 Å². The van der Waals surface area contributed by atoms with Crippen molar-refractivity contribution in [2.24, 2.45) is 5.84 Å². The normalized spacial score (nSPS) is 9.22. The largest absolute Gasteiger partial charge is 0.292 e. The van der Waals surface area contributed by atoms with Gasteiger partial charge in [-0.2, -0.15) is 0 Å². The molecule has 0 aliphatic carbocycles. The fraction of sp³-hybridized carbons (Fsp3) is 0.800. The van der Waals surface area contributed by atoms with E-state index in [0.717, 1.165) is 17.9 Å². The third kappa shape index (κ3) is 4.29. The van der Waals surface area contributed by atoms with Gasteiger partial charge in [0.1, 0.15) is 0 Å². The summed E-state index contributed by atoms with van der Waals surface area (Å²) in [6.07, 6.45) is 1.97. The minimum Gasteiger partial charge on any atom is -0.272 e. The molecule has 9 heavy (non-hydrogen) atoms. The van der Waals surface area contributed by atoms with Crippen molar-refractivity contribution in [2.45, 2.75) is 19.8 Å². The molecule has 0 rings (SSSR count). The molecule has 3 nitrogen and oxygen atoms in total. The lowest BCUT2D eigenvalue weighted by Crippen LogP contribution is -2.34. The van der Waals surface area contributed by atoms with E-state index in [-0.39, 0.29) is 5.24 Å². The van der Waals surface area contributed by atoms with Gasteiger partial charge >= 0.3 is 0 Å². The predicted octanol–water partition coefficient (Wildman–Crippen LogP) is 1.01. The molecular weight excluding hydrogens is 136 g/mol. The van der Waals surface area contributed by atoms with Crippen LogP contribution in [0.2, 0.25) is 0 Å². The van der Waals surface area contributed by atoms with E-state index >= 15 is 0 Å². The molecule has 0 aliphatic heterocycles. The van der Waals surface area contributed by atoms with Crippen LogP contribution in [0.25, 0.3) is 0 Å². The van der Waals surface area contributed by atoms with Crippen LogP contribution in [0.5, 0.6) is 0 Å².